The smallest absolute Gasteiger partial charge is 0.408 e. The van der Waals surface area contributed by atoms with E-state index in [1.165, 1.54) is 6.20 Å². The molecule has 0 aromatic carbocycles. The van der Waals surface area contributed by atoms with Gasteiger partial charge in [0.2, 0.25) is 0 Å². The number of carbonyl (C=O) groups is 1. The van der Waals surface area contributed by atoms with E-state index in [4.69, 9.17) is 20.5 Å². The lowest BCUT2D eigenvalue weighted by Crippen LogP contribution is -2.37. The fourth-order valence-corrected chi connectivity index (χ4v) is 3.14. The first-order chi connectivity index (χ1) is 11.7. The second kappa shape index (κ2) is 8.54. The number of hydrogen-bond donors (Lipinski definition) is 1. The van der Waals surface area contributed by atoms with E-state index in [-0.39, 0.29) is 5.92 Å². The Morgan fingerprint density at radius 3 is 2.31 bits per heavy atom. The maximum atomic E-state index is 12.2. The second-order valence-electron chi connectivity index (χ2n) is 7.44. The summed E-state index contributed by atoms with van der Waals surface area (Å²) >= 11 is 6.03. The Labute approximate surface area is 160 Å². The molecule has 2 atom stereocenters. The molecule has 0 aliphatic heterocycles. The van der Waals surface area contributed by atoms with Gasteiger partial charge in [0.25, 0.3) is 10.1 Å². The lowest BCUT2D eigenvalue weighted by atomic mass is 9.95. The number of rotatable bonds is 6. The van der Waals surface area contributed by atoms with Crippen molar-refractivity contribution in [2.24, 2.45) is 5.92 Å². The van der Waals surface area contributed by atoms with Gasteiger partial charge < -0.3 is 10.1 Å². The molecule has 0 fully saturated rings. The molecule has 1 heterocycles. The number of amides is 1. The lowest BCUT2D eigenvalue weighted by molar-refractivity contribution is 0.0486. The van der Waals surface area contributed by atoms with E-state index in [0.717, 1.165) is 6.26 Å². The molecule has 0 aliphatic carbocycles. The van der Waals surface area contributed by atoms with Crippen LogP contribution in [0.4, 0.5) is 4.79 Å². The van der Waals surface area contributed by atoms with Crippen molar-refractivity contribution in [3.05, 3.63) is 28.5 Å². The topological polar surface area (TPSA) is 94.6 Å². The molecule has 0 saturated carbocycles. The summed E-state index contributed by atoms with van der Waals surface area (Å²) in [7, 11) is -3.68. The largest absolute Gasteiger partial charge is 0.444 e. The number of nitrogens with zero attached hydrogens (tertiary/aromatic N) is 1. The molecule has 148 valence electrons. The number of ether oxygens (including phenoxy) is 1. The molecule has 1 amide bonds. The van der Waals surface area contributed by atoms with Gasteiger partial charge in [-0.25, -0.2) is 4.79 Å². The summed E-state index contributed by atoms with van der Waals surface area (Å²) in [6.07, 6.45) is 1.02. The SMILES string of the molecule is CC(OS(C)(=O)=O)c1cc(Cl)cnc1[C@@H](NC(=O)OC(C)(C)C)C(C)C. The summed E-state index contributed by atoms with van der Waals surface area (Å²) in [5.74, 6) is -0.0413. The Morgan fingerprint density at radius 1 is 1.27 bits per heavy atom. The molecule has 1 aromatic rings. The molecule has 0 radical (unpaired) electrons. The number of pyridine rings is 1. The third-order valence-electron chi connectivity index (χ3n) is 3.31. The molecular weight excluding hydrogens is 380 g/mol. The van der Waals surface area contributed by atoms with E-state index in [1.54, 1.807) is 33.8 Å². The predicted molar refractivity (Wildman–Crippen MR) is 101 cm³/mol. The zero-order valence-corrected chi connectivity index (χ0v) is 17.7. The molecule has 1 aromatic heterocycles. The average molecular weight is 407 g/mol. The summed E-state index contributed by atoms with van der Waals surface area (Å²) in [6, 6.07) is 1.08. The van der Waals surface area contributed by atoms with Crippen molar-refractivity contribution in [3.8, 4) is 0 Å². The molecule has 0 saturated heterocycles. The minimum absolute atomic E-state index is 0.0413. The van der Waals surface area contributed by atoms with Gasteiger partial charge in [0.1, 0.15) is 11.7 Å². The third kappa shape index (κ3) is 7.47. The first kappa shape index (κ1) is 22.7. The van der Waals surface area contributed by atoms with Crippen molar-refractivity contribution < 1.29 is 22.1 Å². The van der Waals surface area contributed by atoms with Crippen LogP contribution < -0.4 is 5.32 Å². The maximum Gasteiger partial charge on any atom is 0.408 e. The van der Waals surface area contributed by atoms with Crippen molar-refractivity contribution in [2.75, 3.05) is 6.26 Å². The van der Waals surface area contributed by atoms with Gasteiger partial charge in [0, 0.05) is 11.8 Å². The van der Waals surface area contributed by atoms with Gasteiger partial charge in [-0.15, -0.1) is 0 Å². The number of aromatic nitrogens is 1. The molecular formula is C17H27ClN2O5S. The number of hydrogen-bond acceptors (Lipinski definition) is 6. The number of halogens is 1. The van der Waals surface area contributed by atoms with Gasteiger partial charge in [0.15, 0.2) is 0 Å². The van der Waals surface area contributed by atoms with Crippen LogP contribution in [0.5, 0.6) is 0 Å². The van der Waals surface area contributed by atoms with Crippen molar-refractivity contribution in [2.45, 2.75) is 59.3 Å². The summed E-state index contributed by atoms with van der Waals surface area (Å²) in [5.41, 5.74) is 0.318. The van der Waals surface area contributed by atoms with E-state index in [0.29, 0.717) is 16.3 Å². The highest BCUT2D eigenvalue weighted by Crippen LogP contribution is 2.31. The Balaban J connectivity index is 3.25. The van der Waals surface area contributed by atoms with Crippen LogP contribution in [0, 0.1) is 5.92 Å². The van der Waals surface area contributed by atoms with Crippen LogP contribution >= 0.6 is 11.6 Å². The van der Waals surface area contributed by atoms with Crippen molar-refractivity contribution in [3.63, 3.8) is 0 Å². The van der Waals surface area contributed by atoms with Gasteiger partial charge in [-0.3, -0.25) is 9.17 Å². The van der Waals surface area contributed by atoms with E-state index in [9.17, 15) is 13.2 Å². The lowest BCUT2D eigenvalue weighted by Gasteiger charge is -2.27. The fraction of sp³-hybridized carbons (Fsp3) is 0.647. The van der Waals surface area contributed by atoms with E-state index < -0.39 is 34.0 Å². The third-order valence-corrected chi connectivity index (χ3v) is 4.15. The molecule has 7 nitrogen and oxygen atoms in total. The summed E-state index contributed by atoms with van der Waals surface area (Å²) < 4.78 is 33.3. The first-order valence-electron chi connectivity index (χ1n) is 8.22. The molecule has 1 rings (SSSR count). The maximum absolute atomic E-state index is 12.2. The molecule has 0 aliphatic rings. The molecule has 0 spiro atoms. The Bertz CT molecular complexity index is 744. The van der Waals surface area contributed by atoms with Crippen molar-refractivity contribution in [1.82, 2.24) is 10.3 Å². The number of nitrogens with one attached hydrogen (secondary N) is 1. The monoisotopic (exact) mass is 406 g/mol. The minimum atomic E-state index is -3.68. The summed E-state index contributed by atoms with van der Waals surface area (Å²) in [6.45, 7) is 10.7. The summed E-state index contributed by atoms with van der Waals surface area (Å²) in [5, 5.41) is 3.14. The molecule has 0 bridgehead atoms. The Hall–Kier alpha value is -1.38. The molecule has 9 heteroatoms. The molecule has 26 heavy (non-hydrogen) atoms. The average Bonchev–Trinajstić information content (AvgIpc) is 2.41. The van der Waals surface area contributed by atoms with Crippen LogP contribution in [-0.4, -0.2) is 31.4 Å². The summed E-state index contributed by atoms with van der Waals surface area (Å²) in [4.78, 5) is 16.5. The van der Waals surface area contributed by atoms with Crippen LogP contribution in [0.25, 0.3) is 0 Å². The van der Waals surface area contributed by atoms with Crippen LogP contribution in [0.3, 0.4) is 0 Å². The first-order valence-corrected chi connectivity index (χ1v) is 10.4. The quantitative estimate of drug-likeness (QED) is 0.717. The number of carbonyl (C=O) groups excluding carboxylic acids is 1. The highest BCUT2D eigenvalue weighted by Gasteiger charge is 2.28. The molecule has 1 unspecified atom stereocenters. The zero-order valence-electron chi connectivity index (χ0n) is 16.2. The van der Waals surface area contributed by atoms with E-state index in [1.807, 2.05) is 13.8 Å². The second-order valence-corrected chi connectivity index (χ2v) is 9.48. The fourth-order valence-electron chi connectivity index (χ4n) is 2.35. The van der Waals surface area contributed by atoms with Gasteiger partial charge in [-0.1, -0.05) is 25.4 Å². The number of alkyl carbamates (subject to hydrolysis) is 1. The minimum Gasteiger partial charge on any atom is -0.444 e. The van der Waals surface area contributed by atoms with Crippen LogP contribution in [0.1, 0.15) is 64.9 Å². The van der Waals surface area contributed by atoms with Crippen LogP contribution in [-0.2, 0) is 19.0 Å². The standard InChI is InChI=1S/C17H27ClN2O5S/c1-10(2)14(20-16(21)24-17(4,5)6)15-13(8-12(18)9-19-15)11(3)25-26(7,22)23/h8-11,14H,1-7H3,(H,20,21)/t11?,14-/m0/s1. The van der Waals surface area contributed by atoms with Crippen molar-refractivity contribution >= 4 is 27.8 Å². The molecule has 1 N–H and O–H groups in total. The Morgan fingerprint density at radius 2 is 1.85 bits per heavy atom. The predicted octanol–water partition coefficient (Wildman–Crippen LogP) is 3.99. The Kier molecular flexibility index (Phi) is 7.44. The van der Waals surface area contributed by atoms with E-state index >= 15 is 0 Å². The van der Waals surface area contributed by atoms with Gasteiger partial charge in [-0.05, 0) is 39.7 Å². The van der Waals surface area contributed by atoms with Crippen molar-refractivity contribution in [1.29, 1.82) is 0 Å². The van der Waals surface area contributed by atoms with Crippen LogP contribution in [0.2, 0.25) is 5.02 Å². The van der Waals surface area contributed by atoms with Gasteiger partial charge in [-0.2, -0.15) is 8.42 Å². The van der Waals surface area contributed by atoms with Crippen LogP contribution in [0.15, 0.2) is 12.3 Å². The highest BCUT2D eigenvalue weighted by molar-refractivity contribution is 7.86. The zero-order chi connectivity index (χ0) is 20.3. The van der Waals surface area contributed by atoms with Gasteiger partial charge >= 0.3 is 6.09 Å². The highest BCUT2D eigenvalue weighted by atomic mass is 35.5. The van der Waals surface area contributed by atoms with E-state index in [2.05, 4.69) is 10.3 Å². The van der Waals surface area contributed by atoms with Gasteiger partial charge in [0.05, 0.1) is 23.0 Å². The normalized spacial score (nSPS) is 14.8.